The van der Waals surface area contributed by atoms with Gasteiger partial charge in [0.05, 0.1) is 23.3 Å². The maximum absolute atomic E-state index is 13.2. The summed E-state index contributed by atoms with van der Waals surface area (Å²) >= 11 is 6.06. The topological polar surface area (TPSA) is 80.0 Å². The Bertz CT molecular complexity index is 1080. The molecule has 3 N–H and O–H groups in total. The fraction of sp³-hybridized carbons (Fsp3) is 0.350. The number of aromatic nitrogens is 3. The van der Waals surface area contributed by atoms with Crippen LogP contribution >= 0.6 is 11.6 Å². The predicted octanol–water partition coefficient (Wildman–Crippen LogP) is 5.05. The number of nitrogens with two attached hydrogens (primary N) is 1. The van der Waals surface area contributed by atoms with Crippen LogP contribution in [0.15, 0.2) is 30.5 Å². The average Bonchev–Trinajstić information content (AvgIpc) is 3.21. The second-order valence-electron chi connectivity index (χ2n) is 7.35. The van der Waals surface area contributed by atoms with Crippen molar-refractivity contribution in [1.82, 2.24) is 15.0 Å². The summed E-state index contributed by atoms with van der Waals surface area (Å²) in [5.74, 6) is 1.24. The van der Waals surface area contributed by atoms with E-state index in [0.717, 1.165) is 43.9 Å². The fourth-order valence-electron chi connectivity index (χ4n) is 3.60. The van der Waals surface area contributed by atoms with E-state index in [-0.39, 0.29) is 11.0 Å². The molecule has 0 saturated carbocycles. The maximum Gasteiger partial charge on any atom is 0.416 e. The second-order valence-corrected chi connectivity index (χ2v) is 7.69. The zero-order valence-electron chi connectivity index (χ0n) is 16.2. The van der Waals surface area contributed by atoms with E-state index in [2.05, 4.69) is 25.2 Å². The average molecular weight is 437 g/mol. The Labute approximate surface area is 176 Å². The fourth-order valence-corrected chi connectivity index (χ4v) is 3.78. The van der Waals surface area contributed by atoms with Crippen molar-refractivity contribution >= 4 is 39.8 Å². The first-order valence-corrected chi connectivity index (χ1v) is 9.91. The number of fused-ring (bicyclic) bond motifs is 1. The van der Waals surface area contributed by atoms with E-state index in [1.54, 1.807) is 13.1 Å². The quantitative estimate of drug-likeness (QED) is 0.440. The van der Waals surface area contributed by atoms with E-state index < -0.39 is 17.8 Å². The monoisotopic (exact) mass is 436 g/mol. The molecule has 0 spiro atoms. The van der Waals surface area contributed by atoms with Gasteiger partial charge in [0.15, 0.2) is 0 Å². The number of alkyl halides is 3. The third-order valence-corrected chi connectivity index (χ3v) is 5.30. The summed E-state index contributed by atoms with van der Waals surface area (Å²) in [6.45, 7) is 3.59. The van der Waals surface area contributed by atoms with Crippen LogP contribution in [0.4, 0.5) is 30.5 Å². The molecule has 0 amide bonds. The summed E-state index contributed by atoms with van der Waals surface area (Å²) in [5, 5.41) is 3.88. The summed E-state index contributed by atoms with van der Waals surface area (Å²) in [4.78, 5) is 15.1. The van der Waals surface area contributed by atoms with E-state index in [1.807, 2.05) is 6.07 Å². The van der Waals surface area contributed by atoms with Gasteiger partial charge in [-0.15, -0.1) is 0 Å². The largest absolute Gasteiger partial charge is 0.416 e. The zero-order valence-corrected chi connectivity index (χ0v) is 16.9. The third kappa shape index (κ3) is 4.21. The summed E-state index contributed by atoms with van der Waals surface area (Å²) in [5.41, 5.74) is 5.89. The number of hydrogen-bond acceptors (Lipinski definition) is 6. The number of nitrogen functional groups attached to an aromatic ring is 1. The minimum absolute atomic E-state index is 0.0245. The Morgan fingerprint density at radius 3 is 2.57 bits per heavy atom. The second kappa shape index (κ2) is 7.79. The van der Waals surface area contributed by atoms with Crippen molar-refractivity contribution in [2.45, 2.75) is 32.0 Å². The van der Waals surface area contributed by atoms with Gasteiger partial charge < -0.3 is 16.0 Å². The first-order valence-electron chi connectivity index (χ1n) is 9.53. The number of halogens is 4. The van der Waals surface area contributed by atoms with Gasteiger partial charge in [-0.2, -0.15) is 13.2 Å². The Kier molecular flexibility index (Phi) is 5.31. The van der Waals surface area contributed by atoms with Gasteiger partial charge in [-0.25, -0.2) is 15.0 Å². The zero-order chi connectivity index (χ0) is 21.5. The minimum atomic E-state index is -4.48. The number of hydrogen-bond donors (Lipinski definition) is 2. The van der Waals surface area contributed by atoms with E-state index in [0.29, 0.717) is 22.3 Å². The molecule has 6 nitrogen and oxygen atoms in total. The van der Waals surface area contributed by atoms with Gasteiger partial charge in [0.1, 0.15) is 11.6 Å². The molecule has 1 aliphatic heterocycles. The molecule has 4 rings (SSSR count). The summed E-state index contributed by atoms with van der Waals surface area (Å²) < 4.78 is 39.5. The normalized spacial score (nSPS) is 15.6. The van der Waals surface area contributed by atoms with Crippen molar-refractivity contribution in [2.75, 3.05) is 29.0 Å². The lowest BCUT2D eigenvalue weighted by Gasteiger charge is -2.20. The molecule has 1 unspecified atom stereocenters. The van der Waals surface area contributed by atoms with Crippen LogP contribution in [0.2, 0.25) is 5.28 Å². The third-order valence-electron chi connectivity index (χ3n) is 5.13. The van der Waals surface area contributed by atoms with Crippen molar-refractivity contribution in [3.63, 3.8) is 0 Å². The van der Waals surface area contributed by atoms with Crippen molar-refractivity contribution in [2.24, 2.45) is 0 Å². The molecule has 3 heterocycles. The lowest BCUT2D eigenvalue weighted by Crippen LogP contribution is -2.19. The first-order chi connectivity index (χ1) is 14.2. The van der Waals surface area contributed by atoms with E-state index >= 15 is 0 Å². The Hall–Kier alpha value is -2.81. The maximum atomic E-state index is 13.2. The molecule has 10 heteroatoms. The van der Waals surface area contributed by atoms with Crippen molar-refractivity contribution in [3.8, 4) is 0 Å². The van der Waals surface area contributed by atoms with E-state index in [1.165, 1.54) is 6.07 Å². The molecule has 1 atom stereocenters. The molecule has 30 heavy (non-hydrogen) atoms. The van der Waals surface area contributed by atoms with Crippen LogP contribution in [0.25, 0.3) is 10.9 Å². The summed E-state index contributed by atoms with van der Waals surface area (Å²) in [6.07, 6.45) is -0.633. The van der Waals surface area contributed by atoms with Gasteiger partial charge in [0.2, 0.25) is 5.28 Å². The lowest BCUT2D eigenvalue weighted by molar-refractivity contribution is -0.137. The van der Waals surface area contributed by atoms with Crippen LogP contribution in [0.3, 0.4) is 0 Å². The highest BCUT2D eigenvalue weighted by Crippen LogP contribution is 2.34. The predicted molar refractivity (Wildman–Crippen MR) is 112 cm³/mol. The molecule has 0 bridgehead atoms. The molecule has 0 aliphatic carbocycles. The Morgan fingerprint density at radius 1 is 1.13 bits per heavy atom. The van der Waals surface area contributed by atoms with E-state index in [9.17, 15) is 13.2 Å². The van der Waals surface area contributed by atoms with Crippen LogP contribution in [0.1, 0.15) is 36.9 Å². The molecule has 2 aromatic heterocycles. The molecule has 0 radical (unpaired) electrons. The van der Waals surface area contributed by atoms with Gasteiger partial charge in [-0.3, -0.25) is 0 Å². The molecular formula is C20H20ClF3N6. The minimum Gasteiger partial charge on any atom is -0.399 e. The lowest BCUT2D eigenvalue weighted by atomic mass is 10.0. The summed E-state index contributed by atoms with van der Waals surface area (Å²) in [6, 6.07) is 4.88. The van der Waals surface area contributed by atoms with Crippen LogP contribution < -0.4 is 16.0 Å². The SMILES string of the molecule is CC(Nc1nc(Cl)nc2cnc(N3CCCC3)cc12)c1cc(N)cc(C(F)(F)F)c1. The number of rotatable bonds is 4. The standard InChI is InChI=1S/C20H20ClF3N6/c1-11(12-6-13(20(22,23)24)8-14(25)7-12)27-18-15-9-17(30-4-2-3-5-30)26-10-16(15)28-19(21)29-18/h6-11H,2-5,25H2,1H3,(H,27,28,29). The van der Waals surface area contributed by atoms with Crippen LogP contribution in [-0.2, 0) is 6.18 Å². The molecule has 158 valence electrons. The highest BCUT2D eigenvalue weighted by molar-refractivity contribution is 6.28. The number of pyridine rings is 1. The van der Waals surface area contributed by atoms with Gasteiger partial charge in [-0.1, -0.05) is 0 Å². The molecule has 1 aliphatic rings. The number of anilines is 3. The summed E-state index contributed by atoms with van der Waals surface area (Å²) in [7, 11) is 0. The first kappa shape index (κ1) is 20.5. The van der Waals surface area contributed by atoms with Gasteiger partial charge in [-0.05, 0) is 61.2 Å². The van der Waals surface area contributed by atoms with Gasteiger partial charge in [0.25, 0.3) is 0 Å². The van der Waals surface area contributed by atoms with E-state index in [4.69, 9.17) is 17.3 Å². The van der Waals surface area contributed by atoms with Crippen LogP contribution in [-0.4, -0.2) is 28.0 Å². The number of benzene rings is 1. The van der Waals surface area contributed by atoms with Gasteiger partial charge in [0, 0.05) is 24.2 Å². The highest BCUT2D eigenvalue weighted by Gasteiger charge is 2.31. The van der Waals surface area contributed by atoms with Crippen molar-refractivity contribution < 1.29 is 13.2 Å². The smallest absolute Gasteiger partial charge is 0.399 e. The molecule has 3 aromatic rings. The van der Waals surface area contributed by atoms with Gasteiger partial charge >= 0.3 is 6.18 Å². The van der Waals surface area contributed by atoms with Crippen LogP contribution in [0.5, 0.6) is 0 Å². The molecule has 1 fully saturated rings. The number of nitrogens with one attached hydrogen (secondary N) is 1. The van der Waals surface area contributed by atoms with Crippen LogP contribution in [0, 0.1) is 0 Å². The Balaban J connectivity index is 1.70. The van der Waals surface area contributed by atoms with Crippen molar-refractivity contribution in [3.05, 3.63) is 46.9 Å². The highest BCUT2D eigenvalue weighted by atomic mass is 35.5. The van der Waals surface area contributed by atoms with Crippen molar-refractivity contribution in [1.29, 1.82) is 0 Å². The Morgan fingerprint density at radius 2 is 1.87 bits per heavy atom. The molecule has 1 saturated heterocycles. The number of nitrogens with zero attached hydrogens (tertiary/aromatic N) is 4. The molecular weight excluding hydrogens is 417 g/mol. The molecule has 1 aromatic carbocycles.